The van der Waals surface area contributed by atoms with Crippen LogP contribution in [0.2, 0.25) is 0 Å². The van der Waals surface area contributed by atoms with E-state index in [0.29, 0.717) is 41.4 Å². The summed E-state index contributed by atoms with van der Waals surface area (Å²) < 4.78 is 24.8. The number of rotatable bonds is 9. The predicted octanol–water partition coefficient (Wildman–Crippen LogP) is 5.36. The molecule has 1 N–H and O–H groups in total. The monoisotopic (exact) mass is 459 g/mol. The highest BCUT2D eigenvalue weighted by atomic mass is 19.1. The second-order valence-corrected chi connectivity index (χ2v) is 7.89. The molecule has 174 valence electrons. The highest BCUT2D eigenvalue weighted by molar-refractivity contribution is 5.79. The van der Waals surface area contributed by atoms with Crippen molar-refractivity contribution >= 4 is 11.8 Å². The molecule has 0 saturated heterocycles. The first kappa shape index (κ1) is 23.2. The average Bonchev–Trinajstić information content (AvgIpc) is 3.25. The summed E-state index contributed by atoms with van der Waals surface area (Å²) >= 11 is 0. The molecule has 1 atom stereocenters. The van der Waals surface area contributed by atoms with Crippen molar-refractivity contribution in [2.75, 3.05) is 11.9 Å². The lowest BCUT2D eigenvalue weighted by Crippen LogP contribution is -2.34. The number of ether oxygens (including phenoxy) is 1. The van der Waals surface area contributed by atoms with Crippen LogP contribution in [0.4, 0.5) is 10.2 Å². The maximum atomic E-state index is 13.8. The molecular weight excluding hydrogens is 433 g/mol. The molecule has 0 saturated carbocycles. The lowest BCUT2D eigenvalue weighted by atomic mass is 10.1. The Labute approximate surface area is 197 Å². The van der Waals surface area contributed by atoms with Crippen molar-refractivity contribution in [3.05, 3.63) is 102 Å². The minimum Gasteiger partial charge on any atom is -0.466 e. The number of furan rings is 1. The standard InChI is InChI=1S/C27H26FN3O3/c1-3-33-27(32)24(16-22-13-12-18(2)34-22)31-26-23(14-19-8-5-4-6-9-19)30-25(17-29-26)20-10-7-11-21(28)15-20/h4-13,15,17,24H,3,14,16H2,1-2H3,(H,29,31). The number of hydrogen-bond acceptors (Lipinski definition) is 6. The maximum absolute atomic E-state index is 13.8. The van der Waals surface area contributed by atoms with Crippen LogP contribution in [0.3, 0.4) is 0 Å². The molecule has 0 aliphatic rings. The summed E-state index contributed by atoms with van der Waals surface area (Å²) in [6.45, 7) is 3.88. The molecule has 4 aromatic rings. The number of benzene rings is 2. The van der Waals surface area contributed by atoms with E-state index in [1.807, 2.05) is 49.4 Å². The maximum Gasteiger partial charge on any atom is 0.329 e. The number of hydrogen-bond donors (Lipinski definition) is 1. The third-order valence-electron chi connectivity index (χ3n) is 5.26. The molecule has 34 heavy (non-hydrogen) atoms. The van der Waals surface area contributed by atoms with Crippen LogP contribution in [-0.2, 0) is 22.4 Å². The number of nitrogens with one attached hydrogen (secondary N) is 1. The molecule has 7 heteroatoms. The molecule has 4 rings (SSSR count). The Morgan fingerprint density at radius 3 is 2.65 bits per heavy atom. The van der Waals surface area contributed by atoms with Gasteiger partial charge in [0.15, 0.2) is 0 Å². The van der Waals surface area contributed by atoms with Gasteiger partial charge in [0.1, 0.15) is 29.2 Å². The topological polar surface area (TPSA) is 77.2 Å². The van der Waals surface area contributed by atoms with Crippen LogP contribution < -0.4 is 5.32 Å². The highest BCUT2D eigenvalue weighted by Gasteiger charge is 2.24. The van der Waals surface area contributed by atoms with Crippen molar-refractivity contribution in [3.8, 4) is 11.3 Å². The fraction of sp³-hybridized carbons (Fsp3) is 0.222. The van der Waals surface area contributed by atoms with Crippen LogP contribution in [0.25, 0.3) is 11.3 Å². The van der Waals surface area contributed by atoms with E-state index in [0.717, 1.165) is 11.3 Å². The summed E-state index contributed by atoms with van der Waals surface area (Å²) in [6, 6.07) is 19.0. The molecule has 2 aromatic carbocycles. The van der Waals surface area contributed by atoms with Crippen molar-refractivity contribution in [2.24, 2.45) is 0 Å². The summed E-state index contributed by atoms with van der Waals surface area (Å²) in [7, 11) is 0. The number of aryl methyl sites for hydroxylation is 1. The molecule has 0 radical (unpaired) electrons. The average molecular weight is 460 g/mol. The molecule has 0 fully saturated rings. The number of carbonyl (C=O) groups excluding carboxylic acids is 1. The van der Waals surface area contributed by atoms with Gasteiger partial charge in [-0.25, -0.2) is 19.2 Å². The van der Waals surface area contributed by atoms with Crippen LogP contribution in [0, 0.1) is 12.7 Å². The van der Waals surface area contributed by atoms with E-state index in [1.54, 1.807) is 25.3 Å². The van der Waals surface area contributed by atoms with Crippen molar-refractivity contribution in [2.45, 2.75) is 32.7 Å². The fourth-order valence-corrected chi connectivity index (χ4v) is 3.64. The smallest absolute Gasteiger partial charge is 0.329 e. The number of anilines is 1. The number of nitrogens with zero attached hydrogens (tertiary/aromatic N) is 2. The van der Waals surface area contributed by atoms with Gasteiger partial charge in [-0.3, -0.25) is 0 Å². The Morgan fingerprint density at radius 1 is 1.12 bits per heavy atom. The molecule has 0 bridgehead atoms. The SMILES string of the molecule is CCOC(=O)C(Cc1ccc(C)o1)Nc1ncc(-c2cccc(F)c2)nc1Cc1ccccc1. The van der Waals surface area contributed by atoms with E-state index in [9.17, 15) is 9.18 Å². The van der Waals surface area contributed by atoms with E-state index in [-0.39, 0.29) is 12.4 Å². The zero-order chi connectivity index (χ0) is 23.9. The molecule has 2 aromatic heterocycles. The van der Waals surface area contributed by atoms with Gasteiger partial charge in [0.05, 0.1) is 24.2 Å². The minimum atomic E-state index is -0.714. The number of esters is 1. The zero-order valence-electron chi connectivity index (χ0n) is 19.1. The van der Waals surface area contributed by atoms with Crippen LogP contribution in [-0.4, -0.2) is 28.6 Å². The van der Waals surface area contributed by atoms with E-state index in [4.69, 9.17) is 14.1 Å². The molecular formula is C27H26FN3O3. The van der Waals surface area contributed by atoms with Crippen LogP contribution in [0.15, 0.2) is 77.3 Å². The Hall–Kier alpha value is -4.00. The lowest BCUT2D eigenvalue weighted by molar-refractivity contribution is -0.144. The largest absolute Gasteiger partial charge is 0.466 e. The zero-order valence-corrected chi connectivity index (χ0v) is 19.1. The van der Waals surface area contributed by atoms with Crippen LogP contribution in [0.5, 0.6) is 0 Å². The molecule has 2 heterocycles. The molecule has 0 aliphatic carbocycles. The number of halogens is 1. The fourth-order valence-electron chi connectivity index (χ4n) is 3.64. The van der Waals surface area contributed by atoms with Gasteiger partial charge in [0.2, 0.25) is 0 Å². The van der Waals surface area contributed by atoms with E-state index < -0.39 is 12.0 Å². The Kier molecular flexibility index (Phi) is 7.32. The first-order valence-corrected chi connectivity index (χ1v) is 11.2. The highest BCUT2D eigenvalue weighted by Crippen LogP contribution is 2.24. The lowest BCUT2D eigenvalue weighted by Gasteiger charge is -2.19. The normalized spacial score (nSPS) is 11.7. The second kappa shape index (κ2) is 10.7. The third kappa shape index (κ3) is 5.86. The van der Waals surface area contributed by atoms with Gasteiger partial charge in [-0.05, 0) is 43.7 Å². The van der Waals surface area contributed by atoms with Gasteiger partial charge in [0, 0.05) is 18.4 Å². The van der Waals surface area contributed by atoms with Gasteiger partial charge in [-0.2, -0.15) is 0 Å². The van der Waals surface area contributed by atoms with Crippen molar-refractivity contribution in [1.82, 2.24) is 9.97 Å². The van der Waals surface area contributed by atoms with Crippen LogP contribution in [0.1, 0.15) is 29.7 Å². The van der Waals surface area contributed by atoms with Crippen molar-refractivity contribution in [3.63, 3.8) is 0 Å². The van der Waals surface area contributed by atoms with Gasteiger partial charge >= 0.3 is 5.97 Å². The summed E-state index contributed by atoms with van der Waals surface area (Å²) in [5, 5.41) is 3.22. The summed E-state index contributed by atoms with van der Waals surface area (Å²) in [5.41, 5.74) is 2.84. The Morgan fingerprint density at radius 2 is 1.94 bits per heavy atom. The summed E-state index contributed by atoms with van der Waals surface area (Å²) in [4.78, 5) is 22.1. The molecule has 0 amide bonds. The van der Waals surface area contributed by atoms with Gasteiger partial charge < -0.3 is 14.5 Å². The van der Waals surface area contributed by atoms with Gasteiger partial charge in [-0.15, -0.1) is 0 Å². The van der Waals surface area contributed by atoms with Crippen molar-refractivity contribution < 1.29 is 18.3 Å². The van der Waals surface area contributed by atoms with Gasteiger partial charge in [0.25, 0.3) is 0 Å². The molecule has 6 nitrogen and oxygen atoms in total. The second-order valence-electron chi connectivity index (χ2n) is 7.89. The van der Waals surface area contributed by atoms with Crippen molar-refractivity contribution in [1.29, 1.82) is 0 Å². The Balaban J connectivity index is 1.69. The first-order chi connectivity index (χ1) is 16.5. The summed E-state index contributed by atoms with van der Waals surface area (Å²) in [6.07, 6.45) is 2.35. The van der Waals surface area contributed by atoms with E-state index in [1.165, 1.54) is 12.1 Å². The quantitative estimate of drug-likeness (QED) is 0.340. The molecule has 0 aliphatic heterocycles. The predicted molar refractivity (Wildman–Crippen MR) is 128 cm³/mol. The van der Waals surface area contributed by atoms with E-state index >= 15 is 0 Å². The minimum absolute atomic E-state index is 0.259. The molecule has 0 spiro atoms. The van der Waals surface area contributed by atoms with Crippen LogP contribution >= 0.6 is 0 Å². The third-order valence-corrected chi connectivity index (χ3v) is 5.26. The van der Waals surface area contributed by atoms with Gasteiger partial charge in [-0.1, -0.05) is 42.5 Å². The number of carbonyl (C=O) groups is 1. The van der Waals surface area contributed by atoms with E-state index in [2.05, 4.69) is 10.3 Å². The Bertz CT molecular complexity index is 1260. The molecule has 1 unspecified atom stereocenters. The number of aromatic nitrogens is 2. The first-order valence-electron chi connectivity index (χ1n) is 11.2. The summed E-state index contributed by atoms with van der Waals surface area (Å²) in [5.74, 6) is 1.14.